The largest absolute Gasteiger partial charge is 0.497 e. The molecule has 0 aliphatic rings. The van der Waals surface area contributed by atoms with E-state index in [1.807, 2.05) is 6.07 Å². The van der Waals surface area contributed by atoms with Gasteiger partial charge in [-0.3, -0.25) is 0 Å². The average molecular weight is 367 g/mol. The van der Waals surface area contributed by atoms with Crippen LogP contribution in [0.4, 0.5) is 0 Å². The Bertz CT molecular complexity index is 1320. The number of rotatable bonds is 3. The van der Waals surface area contributed by atoms with Crippen LogP contribution in [0.3, 0.4) is 0 Å². The van der Waals surface area contributed by atoms with Crippen molar-refractivity contribution in [3.8, 4) is 5.75 Å². The van der Waals surface area contributed by atoms with E-state index in [-0.39, 0.29) is 0 Å². The molecule has 4 aromatic carbocycles. The van der Waals surface area contributed by atoms with Gasteiger partial charge in [-0.1, -0.05) is 54.6 Å². The van der Waals surface area contributed by atoms with E-state index < -0.39 is 0 Å². The van der Waals surface area contributed by atoms with E-state index >= 15 is 0 Å². The van der Waals surface area contributed by atoms with Crippen LogP contribution in [0.25, 0.3) is 43.9 Å². The van der Waals surface area contributed by atoms with Crippen LogP contribution in [0.5, 0.6) is 5.75 Å². The number of hydrogen-bond donors (Lipinski definition) is 0. The third-order valence-electron chi connectivity index (χ3n) is 4.79. The van der Waals surface area contributed by atoms with Gasteiger partial charge in [-0.15, -0.1) is 11.3 Å². The van der Waals surface area contributed by atoms with Crippen molar-refractivity contribution in [2.75, 3.05) is 7.11 Å². The van der Waals surface area contributed by atoms with Crippen molar-refractivity contribution in [2.45, 2.75) is 0 Å². The molecular weight excluding hydrogens is 350 g/mol. The monoisotopic (exact) mass is 367 g/mol. The van der Waals surface area contributed by atoms with Crippen molar-refractivity contribution in [3.05, 3.63) is 83.4 Å². The number of fused-ring (bicyclic) bond motifs is 4. The van der Waals surface area contributed by atoms with Crippen LogP contribution in [-0.2, 0) is 0 Å². The zero-order valence-corrected chi connectivity index (χ0v) is 15.7. The maximum absolute atomic E-state index is 5.30. The molecule has 0 aliphatic heterocycles. The van der Waals surface area contributed by atoms with Gasteiger partial charge >= 0.3 is 0 Å². The maximum atomic E-state index is 5.30. The lowest BCUT2D eigenvalue weighted by molar-refractivity contribution is 0.415. The van der Waals surface area contributed by atoms with E-state index in [4.69, 9.17) is 9.72 Å². The lowest BCUT2D eigenvalue weighted by Gasteiger charge is -2.03. The fourth-order valence-electron chi connectivity index (χ4n) is 3.39. The van der Waals surface area contributed by atoms with Gasteiger partial charge in [-0.25, -0.2) is 4.98 Å². The minimum atomic E-state index is 0.882. The molecule has 3 heteroatoms. The molecule has 0 fully saturated rings. The molecule has 27 heavy (non-hydrogen) atoms. The second-order valence-electron chi connectivity index (χ2n) is 6.49. The summed E-state index contributed by atoms with van der Waals surface area (Å²) in [4.78, 5) is 4.86. The van der Waals surface area contributed by atoms with Crippen molar-refractivity contribution in [2.24, 2.45) is 0 Å². The Hall–Kier alpha value is -3.17. The van der Waals surface area contributed by atoms with Crippen LogP contribution < -0.4 is 4.74 Å². The number of aromatic nitrogens is 1. The summed E-state index contributed by atoms with van der Waals surface area (Å²) >= 11 is 1.73. The first-order valence-corrected chi connectivity index (χ1v) is 9.66. The van der Waals surface area contributed by atoms with Gasteiger partial charge in [0.15, 0.2) is 0 Å². The highest BCUT2D eigenvalue weighted by molar-refractivity contribution is 7.19. The van der Waals surface area contributed by atoms with Crippen LogP contribution >= 0.6 is 11.3 Å². The van der Waals surface area contributed by atoms with Gasteiger partial charge in [0.1, 0.15) is 10.8 Å². The first-order valence-electron chi connectivity index (χ1n) is 8.84. The second-order valence-corrected chi connectivity index (χ2v) is 7.55. The maximum Gasteiger partial charge on any atom is 0.119 e. The molecular formula is C24H17NOS. The molecule has 0 N–H and O–H groups in total. The van der Waals surface area contributed by atoms with Crippen molar-refractivity contribution in [1.29, 1.82) is 0 Å². The first kappa shape index (κ1) is 16.0. The molecule has 5 rings (SSSR count). The molecule has 1 aromatic heterocycles. The molecule has 0 saturated heterocycles. The number of hydrogen-bond acceptors (Lipinski definition) is 3. The van der Waals surface area contributed by atoms with Crippen molar-refractivity contribution < 1.29 is 4.74 Å². The lowest BCUT2D eigenvalue weighted by Crippen LogP contribution is -1.82. The summed E-state index contributed by atoms with van der Waals surface area (Å²) in [7, 11) is 1.69. The van der Waals surface area contributed by atoms with Gasteiger partial charge in [0.25, 0.3) is 0 Å². The number of nitrogens with zero attached hydrogens (tertiary/aromatic N) is 1. The molecule has 130 valence electrons. The quantitative estimate of drug-likeness (QED) is 0.350. The molecule has 0 aliphatic carbocycles. The highest BCUT2D eigenvalue weighted by Crippen LogP contribution is 2.30. The molecule has 0 amide bonds. The van der Waals surface area contributed by atoms with Gasteiger partial charge in [0, 0.05) is 5.39 Å². The van der Waals surface area contributed by atoms with E-state index in [1.54, 1.807) is 18.4 Å². The number of benzene rings is 4. The van der Waals surface area contributed by atoms with Crippen LogP contribution in [0, 0.1) is 0 Å². The lowest BCUT2D eigenvalue weighted by atomic mass is 10.1. The van der Waals surface area contributed by atoms with Gasteiger partial charge in [0.2, 0.25) is 0 Å². The Morgan fingerprint density at radius 1 is 0.815 bits per heavy atom. The Balaban J connectivity index is 1.51. The van der Waals surface area contributed by atoms with E-state index in [0.29, 0.717) is 0 Å². The normalized spacial score (nSPS) is 11.7. The first-order chi connectivity index (χ1) is 13.3. The number of ether oxygens (including phenoxy) is 1. The van der Waals surface area contributed by atoms with E-state index in [2.05, 4.69) is 78.9 Å². The minimum absolute atomic E-state index is 0.882. The van der Waals surface area contributed by atoms with Gasteiger partial charge in [0.05, 0.1) is 17.3 Å². The molecule has 0 unspecified atom stereocenters. The second kappa shape index (κ2) is 6.53. The fourth-order valence-corrected chi connectivity index (χ4v) is 4.28. The van der Waals surface area contributed by atoms with Crippen LogP contribution in [-0.4, -0.2) is 12.1 Å². The molecule has 0 atom stereocenters. The van der Waals surface area contributed by atoms with Gasteiger partial charge in [-0.05, 0) is 52.1 Å². The van der Waals surface area contributed by atoms with Crippen LogP contribution in [0.1, 0.15) is 10.6 Å². The molecule has 0 radical (unpaired) electrons. The topological polar surface area (TPSA) is 22.1 Å². The SMILES string of the molecule is COc1ccc2cc(/C=C/c3nc4c(ccc5ccccc54)s3)ccc2c1. The van der Waals surface area contributed by atoms with E-state index in [0.717, 1.165) is 21.8 Å². The predicted molar refractivity (Wildman–Crippen MR) is 117 cm³/mol. The Morgan fingerprint density at radius 3 is 2.56 bits per heavy atom. The summed E-state index contributed by atoms with van der Waals surface area (Å²) in [5, 5.41) is 5.85. The van der Waals surface area contributed by atoms with Crippen molar-refractivity contribution in [3.63, 3.8) is 0 Å². The number of thiazole rings is 1. The molecule has 5 aromatic rings. The van der Waals surface area contributed by atoms with Crippen molar-refractivity contribution in [1.82, 2.24) is 4.98 Å². The smallest absolute Gasteiger partial charge is 0.119 e. The highest BCUT2D eigenvalue weighted by Gasteiger charge is 2.05. The molecule has 0 bridgehead atoms. The molecule has 1 heterocycles. The van der Waals surface area contributed by atoms with Crippen LogP contribution in [0.15, 0.2) is 72.8 Å². The third-order valence-corrected chi connectivity index (χ3v) is 5.78. The Kier molecular flexibility index (Phi) is 3.88. The Morgan fingerprint density at radius 2 is 1.63 bits per heavy atom. The van der Waals surface area contributed by atoms with E-state index in [1.165, 1.54) is 26.2 Å². The fraction of sp³-hybridized carbons (Fsp3) is 0.0417. The summed E-state index contributed by atoms with van der Waals surface area (Å²) in [5.41, 5.74) is 2.25. The standard InChI is InChI=1S/C24H17NOS/c1-26-20-11-9-18-14-16(6-8-19(18)15-20)7-13-23-25-24-21-5-3-2-4-17(21)10-12-22(24)27-23/h2-15H,1H3/b13-7+. The van der Waals surface area contributed by atoms with Gasteiger partial charge < -0.3 is 4.74 Å². The zero-order valence-electron chi connectivity index (χ0n) is 14.8. The molecule has 0 saturated carbocycles. The van der Waals surface area contributed by atoms with E-state index in [9.17, 15) is 0 Å². The summed E-state index contributed by atoms with van der Waals surface area (Å²) in [6, 6.07) is 25.3. The summed E-state index contributed by atoms with van der Waals surface area (Å²) in [6.07, 6.45) is 4.23. The predicted octanol–water partition coefficient (Wildman–Crippen LogP) is 6.78. The number of methoxy groups -OCH3 is 1. The highest BCUT2D eigenvalue weighted by atomic mass is 32.1. The van der Waals surface area contributed by atoms with Crippen LogP contribution in [0.2, 0.25) is 0 Å². The summed E-state index contributed by atoms with van der Waals surface area (Å²) < 4.78 is 6.52. The summed E-state index contributed by atoms with van der Waals surface area (Å²) in [6.45, 7) is 0. The zero-order chi connectivity index (χ0) is 18.2. The molecule has 2 nitrogen and oxygen atoms in total. The third kappa shape index (κ3) is 2.96. The Labute approximate surface area is 161 Å². The van der Waals surface area contributed by atoms with Gasteiger partial charge in [-0.2, -0.15) is 0 Å². The average Bonchev–Trinajstić information content (AvgIpc) is 3.15. The van der Waals surface area contributed by atoms with Crippen molar-refractivity contribution >= 4 is 55.3 Å². The minimum Gasteiger partial charge on any atom is -0.497 e. The molecule has 0 spiro atoms. The summed E-state index contributed by atoms with van der Waals surface area (Å²) in [5.74, 6) is 0.882.